The summed E-state index contributed by atoms with van der Waals surface area (Å²) < 4.78 is 1.06. The molecule has 2 nitrogen and oxygen atoms in total. The molecule has 84 valence electrons. The molecule has 4 heteroatoms. The van der Waals surface area contributed by atoms with Crippen LogP contribution in [0.5, 0.6) is 0 Å². The fourth-order valence-corrected chi connectivity index (χ4v) is 2.35. The van der Waals surface area contributed by atoms with Gasteiger partial charge in [0, 0.05) is 24.3 Å². The van der Waals surface area contributed by atoms with Crippen LogP contribution in [0.1, 0.15) is 11.1 Å². The number of pyridine rings is 1. The van der Waals surface area contributed by atoms with Crippen molar-refractivity contribution in [1.82, 2.24) is 4.98 Å². The van der Waals surface area contributed by atoms with Crippen LogP contribution in [0.25, 0.3) is 0 Å². The van der Waals surface area contributed by atoms with Crippen molar-refractivity contribution in [2.24, 2.45) is 0 Å². The summed E-state index contributed by atoms with van der Waals surface area (Å²) >= 11 is 5.19. The van der Waals surface area contributed by atoms with Crippen molar-refractivity contribution in [3.8, 4) is 0 Å². The minimum atomic E-state index is 0.900. The highest BCUT2D eigenvalue weighted by atomic mass is 79.9. The lowest BCUT2D eigenvalue weighted by molar-refractivity contribution is 0.899. The van der Waals surface area contributed by atoms with E-state index in [2.05, 4.69) is 62.7 Å². The number of halogens is 1. The lowest BCUT2D eigenvalue weighted by Gasteiger charge is -2.18. The third-order valence-electron chi connectivity index (χ3n) is 2.42. The minimum Gasteiger partial charge on any atom is -0.355 e. The van der Waals surface area contributed by atoms with E-state index in [1.165, 1.54) is 11.1 Å². The highest BCUT2D eigenvalue weighted by Gasteiger charge is 2.05. The standard InChI is InChI=1S/C12H13BrN2S/c1-9-5-12(14-6-11(9)13)15(2)7-10-3-4-16-8-10/h3-6,8H,7H2,1-2H3. The van der Waals surface area contributed by atoms with Gasteiger partial charge in [0.25, 0.3) is 0 Å². The molecule has 0 fully saturated rings. The van der Waals surface area contributed by atoms with Crippen molar-refractivity contribution in [2.45, 2.75) is 13.5 Å². The summed E-state index contributed by atoms with van der Waals surface area (Å²) in [6.45, 7) is 2.98. The Kier molecular flexibility index (Phi) is 3.61. The average Bonchev–Trinajstić information content (AvgIpc) is 2.74. The first-order valence-electron chi connectivity index (χ1n) is 5.01. The number of anilines is 1. The van der Waals surface area contributed by atoms with Crippen molar-refractivity contribution in [3.63, 3.8) is 0 Å². The van der Waals surface area contributed by atoms with E-state index in [9.17, 15) is 0 Å². The van der Waals surface area contributed by atoms with Gasteiger partial charge < -0.3 is 4.90 Å². The van der Waals surface area contributed by atoms with E-state index >= 15 is 0 Å². The van der Waals surface area contributed by atoms with Gasteiger partial charge in [-0.3, -0.25) is 0 Å². The Morgan fingerprint density at radius 2 is 2.31 bits per heavy atom. The van der Waals surface area contributed by atoms with Gasteiger partial charge in [0.2, 0.25) is 0 Å². The van der Waals surface area contributed by atoms with E-state index in [1.807, 2.05) is 6.20 Å². The Labute approximate surface area is 108 Å². The number of aromatic nitrogens is 1. The van der Waals surface area contributed by atoms with Gasteiger partial charge in [-0.25, -0.2) is 4.98 Å². The van der Waals surface area contributed by atoms with Crippen molar-refractivity contribution in [2.75, 3.05) is 11.9 Å². The average molecular weight is 297 g/mol. The second kappa shape index (κ2) is 4.97. The summed E-state index contributed by atoms with van der Waals surface area (Å²) in [6, 6.07) is 4.24. The number of nitrogens with zero attached hydrogens (tertiary/aromatic N) is 2. The van der Waals surface area contributed by atoms with Crippen LogP contribution in [0.15, 0.2) is 33.6 Å². The lowest BCUT2D eigenvalue weighted by atomic mass is 10.2. The molecule has 0 atom stereocenters. The van der Waals surface area contributed by atoms with Gasteiger partial charge in [-0.1, -0.05) is 0 Å². The van der Waals surface area contributed by atoms with Crippen LogP contribution in [-0.2, 0) is 6.54 Å². The molecular formula is C12H13BrN2S. The molecule has 2 rings (SSSR count). The Morgan fingerprint density at radius 3 is 2.94 bits per heavy atom. The smallest absolute Gasteiger partial charge is 0.128 e. The molecule has 0 amide bonds. The van der Waals surface area contributed by atoms with E-state index in [1.54, 1.807) is 11.3 Å². The topological polar surface area (TPSA) is 16.1 Å². The Morgan fingerprint density at radius 1 is 1.50 bits per heavy atom. The van der Waals surface area contributed by atoms with Crippen molar-refractivity contribution < 1.29 is 0 Å². The number of hydrogen-bond donors (Lipinski definition) is 0. The lowest BCUT2D eigenvalue weighted by Crippen LogP contribution is -2.17. The number of aryl methyl sites for hydroxylation is 1. The molecule has 16 heavy (non-hydrogen) atoms. The van der Waals surface area contributed by atoms with E-state index in [0.717, 1.165) is 16.8 Å². The largest absolute Gasteiger partial charge is 0.355 e. The molecule has 2 aromatic rings. The molecule has 2 heterocycles. The normalized spacial score (nSPS) is 10.4. The van der Waals surface area contributed by atoms with Gasteiger partial charge in [0.05, 0.1) is 0 Å². The minimum absolute atomic E-state index is 0.900. The molecule has 0 saturated heterocycles. The fourth-order valence-electron chi connectivity index (χ4n) is 1.47. The van der Waals surface area contributed by atoms with Crippen LogP contribution in [0, 0.1) is 6.92 Å². The summed E-state index contributed by atoms with van der Waals surface area (Å²) in [5.41, 5.74) is 2.54. The van der Waals surface area contributed by atoms with Crippen LogP contribution >= 0.6 is 27.3 Å². The van der Waals surface area contributed by atoms with E-state index in [0.29, 0.717) is 0 Å². The van der Waals surface area contributed by atoms with Gasteiger partial charge in [-0.2, -0.15) is 11.3 Å². The molecule has 0 aliphatic heterocycles. The summed E-state index contributed by atoms with van der Waals surface area (Å²) in [7, 11) is 2.06. The van der Waals surface area contributed by atoms with Crippen LogP contribution in [-0.4, -0.2) is 12.0 Å². The molecule has 0 bridgehead atoms. The second-order valence-corrected chi connectivity index (χ2v) is 5.41. The van der Waals surface area contributed by atoms with Crippen LogP contribution in [0.2, 0.25) is 0 Å². The molecule has 0 aliphatic rings. The summed E-state index contributed by atoms with van der Waals surface area (Å²) in [4.78, 5) is 6.56. The van der Waals surface area contributed by atoms with Gasteiger partial charge in [0.15, 0.2) is 0 Å². The molecule has 0 unspecified atom stereocenters. The van der Waals surface area contributed by atoms with E-state index < -0.39 is 0 Å². The first kappa shape index (κ1) is 11.6. The predicted octanol–water partition coefficient (Wildman–Crippen LogP) is 3.85. The SMILES string of the molecule is Cc1cc(N(C)Cc2ccsc2)ncc1Br. The van der Waals surface area contributed by atoms with Crippen LogP contribution in [0.4, 0.5) is 5.82 Å². The molecule has 0 aromatic carbocycles. The Bertz CT molecular complexity index is 468. The summed E-state index contributed by atoms with van der Waals surface area (Å²) in [6.07, 6.45) is 1.86. The van der Waals surface area contributed by atoms with Gasteiger partial charge in [-0.05, 0) is 56.9 Å². The predicted molar refractivity (Wildman–Crippen MR) is 73.1 cm³/mol. The molecule has 2 aromatic heterocycles. The third-order valence-corrected chi connectivity index (χ3v) is 3.99. The molecule has 0 N–H and O–H groups in total. The second-order valence-electron chi connectivity index (χ2n) is 3.78. The molecular weight excluding hydrogens is 284 g/mol. The zero-order valence-electron chi connectivity index (χ0n) is 9.27. The maximum absolute atomic E-state index is 4.40. The maximum atomic E-state index is 4.40. The molecule has 0 aliphatic carbocycles. The van der Waals surface area contributed by atoms with Crippen molar-refractivity contribution >= 4 is 33.1 Å². The summed E-state index contributed by atoms with van der Waals surface area (Å²) in [5.74, 6) is 1.01. The number of rotatable bonds is 3. The van der Waals surface area contributed by atoms with E-state index in [4.69, 9.17) is 0 Å². The first-order chi connectivity index (χ1) is 7.66. The highest BCUT2D eigenvalue weighted by molar-refractivity contribution is 9.10. The zero-order chi connectivity index (χ0) is 11.5. The number of thiophene rings is 1. The van der Waals surface area contributed by atoms with Gasteiger partial charge >= 0.3 is 0 Å². The van der Waals surface area contributed by atoms with E-state index in [-0.39, 0.29) is 0 Å². The molecule has 0 radical (unpaired) electrons. The van der Waals surface area contributed by atoms with Gasteiger partial charge in [0.1, 0.15) is 5.82 Å². The molecule has 0 spiro atoms. The number of hydrogen-bond acceptors (Lipinski definition) is 3. The maximum Gasteiger partial charge on any atom is 0.128 e. The van der Waals surface area contributed by atoms with Gasteiger partial charge in [-0.15, -0.1) is 0 Å². The Balaban J connectivity index is 2.14. The van der Waals surface area contributed by atoms with Crippen LogP contribution in [0.3, 0.4) is 0 Å². The molecule has 0 saturated carbocycles. The monoisotopic (exact) mass is 296 g/mol. The third kappa shape index (κ3) is 2.62. The van der Waals surface area contributed by atoms with Crippen LogP contribution < -0.4 is 4.90 Å². The summed E-state index contributed by atoms with van der Waals surface area (Å²) in [5, 5.41) is 4.27. The van der Waals surface area contributed by atoms with Crippen molar-refractivity contribution in [3.05, 3.63) is 44.7 Å². The fraction of sp³-hybridized carbons (Fsp3) is 0.250. The zero-order valence-corrected chi connectivity index (χ0v) is 11.7. The Hall–Kier alpha value is -0.870. The highest BCUT2D eigenvalue weighted by Crippen LogP contribution is 2.20. The first-order valence-corrected chi connectivity index (χ1v) is 6.75. The van der Waals surface area contributed by atoms with Crippen molar-refractivity contribution in [1.29, 1.82) is 0 Å². The quantitative estimate of drug-likeness (QED) is 0.855.